The van der Waals surface area contributed by atoms with Gasteiger partial charge in [-0.3, -0.25) is 0 Å². The highest BCUT2D eigenvalue weighted by molar-refractivity contribution is 5.90. The zero-order valence-corrected chi connectivity index (χ0v) is 10.5. The first-order chi connectivity index (χ1) is 9.28. The minimum atomic E-state index is 0.461. The number of hydrogen-bond acceptors (Lipinski definition) is 4. The molecular weight excluding hydrogens is 238 g/mol. The Labute approximate surface area is 110 Å². The Morgan fingerprint density at radius 3 is 2.53 bits per heavy atom. The average molecular weight is 251 g/mol. The van der Waals surface area contributed by atoms with Crippen LogP contribution in [0.25, 0.3) is 22.3 Å². The van der Waals surface area contributed by atoms with Gasteiger partial charge in [0.25, 0.3) is 0 Å². The predicted molar refractivity (Wildman–Crippen MR) is 75.9 cm³/mol. The second-order valence-electron chi connectivity index (χ2n) is 4.18. The van der Waals surface area contributed by atoms with E-state index in [1.165, 1.54) is 0 Å². The summed E-state index contributed by atoms with van der Waals surface area (Å²) in [6, 6.07) is 15.4. The second-order valence-corrected chi connectivity index (χ2v) is 4.18. The van der Waals surface area contributed by atoms with Gasteiger partial charge in [0.15, 0.2) is 5.82 Å². The lowest BCUT2D eigenvalue weighted by Gasteiger charge is -2.07. The van der Waals surface area contributed by atoms with Gasteiger partial charge in [0.05, 0.1) is 12.6 Å². The highest BCUT2D eigenvalue weighted by atomic mass is 16.5. The molecule has 4 nitrogen and oxygen atoms in total. The van der Waals surface area contributed by atoms with Crippen LogP contribution in [0.4, 0.5) is 5.82 Å². The van der Waals surface area contributed by atoms with Gasteiger partial charge < -0.3 is 10.5 Å². The third kappa shape index (κ3) is 2.08. The maximum absolute atomic E-state index is 6.01. The first-order valence-electron chi connectivity index (χ1n) is 5.94. The van der Waals surface area contributed by atoms with E-state index in [4.69, 9.17) is 10.5 Å². The van der Waals surface area contributed by atoms with Crippen LogP contribution in [0.5, 0.6) is 5.75 Å². The van der Waals surface area contributed by atoms with Crippen molar-refractivity contribution in [2.45, 2.75) is 0 Å². The fourth-order valence-electron chi connectivity index (χ4n) is 1.97. The Morgan fingerprint density at radius 2 is 1.79 bits per heavy atom. The van der Waals surface area contributed by atoms with E-state index >= 15 is 0 Å². The fourth-order valence-corrected chi connectivity index (χ4v) is 1.97. The summed E-state index contributed by atoms with van der Waals surface area (Å²) in [6.07, 6.45) is 0. The van der Waals surface area contributed by atoms with Gasteiger partial charge in [-0.2, -0.15) is 0 Å². The summed E-state index contributed by atoms with van der Waals surface area (Å²) >= 11 is 0. The molecule has 94 valence electrons. The lowest BCUT2D eigenvalue weighted by Crippen LogP contribution is -1.98. The zero-order chi connectivity index (χ0) is 13.2. The van der Waals surface area contributed by atoms with E-state index in [0.717, 1.165) is 22.2 Å². The van der Waals surface area contributed by atoms with E-state index in [0.29, 0.717) is 11.6 Å². The quantitative estimate of drug-likeness (QED) is 0.760. The Morgan fingerprint density at radius 1 is 1.00 bits per heavy atom. The Kier molecular flexibility index (Phi) is 2.76. The molecule has 2 N–H and O–H groups in total. The summed E-state index contributed by atoms with van der Waals surface area (Å²) in [5.41, 5.74) is 7.77. The van der Waals surface area contributed by atoms with Gasteiger partial charge in [0.2, 0.25) is 0 Å². The van der Waals surface area contributed by atoms with Crippen LogP contribution in [0, 0.1) is 0 Å². The van der Waals surface area contributed by atoms with Crippen LogP contribution in [0.15, 0.2) is 48.5 Å². The maximum Gasteiger partial charge on any atom is 0.162 e. The van der Waals surface area contributed by atoms with Crippen LogP contribution in [0.2, 0.25) is 0 Å². The van der Waals surface area contributed by atoms with E-state index in [1.807, 2.05) is 48.5 Å². The molecule has 2 aromatic carbocycles. The number of benzene rings is 2. The summed E-state index contributed by atoms with van der Waals surface area (Å²) in [5.74, 6) is 1.84. The van der Waals surface area contributed by atoms with Crippen molar-refractivity contribution < 1.29 is 4.74 Å². The summed E-state index contributed by atoms with van der Waals surface area (Å²) in [4.78, 5) is 8.89. The molecular formula is C15H13N3O. The van der Waals surface area contributed by atoms with E-state index < -0.39 is 0 Å². The molecule has 3 aromatic rings. The Balaban J connectivity index is 2.20. The van der Waals surface area contributed by atoms with Crippen molar-refractivity contribution in [3.63, 3.8) is 0 Å². The summed E-state index contributed by atoms with van der Waals surface area (Å²) in [5, 5.41) is 0.805. The van der Waals surface area contributed by atoms with Gasteiger partial charge in [-0.15, -0.1) is 0 Å². The fraction of sp³-hybridized carbons (Fsp3) is 0.0667. The van der Waals surface area contributed by atoms with Gasteiger partial charge in [-0.25, -0.2) is 9.97 Å². The average Bonchev–Trinajstić information content (AvgIpc) is 2.48. The number of nitrogens with two attached hydrogens (primary N) is 1. The second kappa shape index (κ2) is 4.57. The molecule has 0 aliphatic heterocycles. The smallest absolute Gasteiger partial charge is 0.162 e. The number of nitrogens with zero attached hydrogens (tertiary/aromatic N) is 2. The summed E-state index contributed by atoms with van der Waals surface area (Å²) in [6.45, 7) is 0. The molecule has 0 aliphatic rings. The van der Waals surface area contributed by atoms with Gasteiger partial charge in [0, 0.05) is 10.9 Å². The highest BCUT2D eigenvalue weighted by Crippen LogP contribution is 2.26. The molecule has 19 heavy (non-hydrogen) atoms. The molecule has 0 atom stereocenters. The van der Waals surface area contributed by atoms with Gasteiger partial charge in [-0.05, 0) is 18.2 Å². The third-order valence-corrected chi connectivity index (χ3v) is 2.96. The Hall–Kier alpha value is -2.62. The van der Waals surface area contributed by atoms with Crippen molar-refractivity contribution >= 4 is 16.7 Å². The zero-order valence-electron chi connectivity index (χ0n) is 10.5. The predicted octanol–water partition coefficient (Wildman–Crippen LogP) is 2.89. The largest absolute Gasteiger partial charge is 0.497 e. The molecule has 1 aromatic heterocycles. The normalized spacial score (nSPS) is 10.6. The van der Waals surface area contributed by atoms with Crippen LogP contribution in [0.3, 0.4) is 0 Å². The van der Waals surface area contributed by atoms with Crippen molar-refractivity contribution in [3.8, 4) is 17.1 Å². The number of anilines is 1. The van der Waals surface area contributed by atoms with Crippen molar-refractivity contribution in [2.24, 2.45) is 0 Å². The Bertz CT molecular complexity index is 726. The number of hydrogen-bond donors (Lipinski definition) is 1. The number of rotatable bonds is 2. The SMILES string of the molecule is COc1ccc2nc(-c3ccccc3)nc(N)c2c1. The molecule has 0 radical (unpaired) electrons. The van der Waals surface area contributed by atoms with Gasteiger partial charge in [0.1, 0.15) is 11.6 Å². The molecule has 0 bridgehead atoms. The molecule has 0 saturated heterocycles. The third-order valence-electron chi connectivity index (χ3n) is 2.96. The topological polar surface area (TPSA) is 61.0 Å². The lowest BCUT2D eigenvalue weighted by atomic mass is 10.2. The standard InChI is InChI=1S/C15H13N3O/c1-19-11-7-8-13-12(9-11)14(16)18-15(17-13)10-5-3-2-4-6-10/h2-9H,1H3,(H2,16,17,18). The summed E-state index contributed by atoms with van der Waals surface area (Å²) < 4.78 is 5.18. The number of methoxy groups -OCH3 is 1. The molecule has 0 spiro atoms. The number of nitrogen functional groups attached to an aromatic ring is 1. The van der Waals surface area contributed by atoms with E-state index in [-0.39, 0.29) is 0 Å². The van der Waals surface area contributed by atoms with Gasteiger partial charge >= 0.3 is 0 Å². The monoisotopic (exact) mass is 251 g/mol. The van der Waals surface area contributed by atoms with Crippen molar-refractivity contribution in [1.82, 2.24) is 9.97 Å². The van der Waals surface area contributed by atoms with E-state index in [2.05, 4.69) is 9.97 Å². The lowest BCUT2D eigenvalue weighted by molar-refractivity contribution is 0.415. The van der Waals surface area contributed by atoms with Crippen LogP contribution in [-0.4, -0.2) is 17.1 Å². The van der Waals surface area contributed by atoms with Gasteiger partial charge in [-0.1, -0.05) is 30.3 Å². The maximum atomic E-state index is 6.01. The number of ether oxygens (including phenoxy) is 1. The molecule has 3 rings (SSSR count). The number of aromatic nitrogens is 2. The van der Waals surface area contributed by atoms with Crippen molar-refractivity contribution in [1.29, 1.82) is 0 Å². The van der Waals surface area contributed by atoms with E-state index in [9.17, 15) is 0 Å². The summed E-state index contributed by atoms with van der Waals surface area (Å²) in [7, 11) is 1.62. The molecule has 0 amide bonds. The van der Waals surface area contributed by atoms with Crippen LogP contribution < -0.4 is 10.5 Å². The molecule has 0 saturated carbocycles. The van der Waals surface area contributed by atoms with Crippen molar-refractivity contribution in [3.05, 3.63) is 48.5 Å². The first kappa shape index (κ1) is 11.5. The van der Waals surface area contributed by atoms with Crippen LogP contribution >= 0.6 is 0 Å². The first-order valence-corrected chi connectivity index (χ1v) is 5.94. The molecule has 0 aliphatic carbocycles. The molecule has 0 unspecified atom stereocenters. The minimum Gasteiger partial charge on any atom is -0.497 e. The van der Waals surface area contributed by atoms with Crippen LogP contribution in [0.1, 0.15) is 0 Å². The molecule has 1 heterocycles. The minimum absolute atomic E-state index is 0.461. The van der Waals surface area contributed by atoms with Crippen molar-refractivity contribution in [2.75, 3.05) is 12.8 Å². The van der Waals surface area contributed by atoms with E-state index in [1.54, 1.807) is 7.11 Å². The van der Waals surface area contributed by atoms with Crippen LogP contribution in [-0.2, 0) is 0 Å². The highest BCUT2D eigenvalue weighted by Gasteiger charge is 2.07. The molecule has 0 fully saturated rings. The molecule has 4 heteroatoms. The number of fused-ring (bicyclic) bond motifs is 1.